The van der Waals surface area contributed by atoms with Gasteiger partial charge >= 0.3 is 12.6 Å². The average molecular weight is 670 g/mol. The number of halogens is 3. The summed E-state index contributed by atoms with van der Waals surface area (Å²) < 4.78 is 48.0. The number of alkyl halides is 2. The first kappa shape index (κ1) is 32.3. The largest absolute Gasteiger partial charge is 0.444 e. The normalized spacial score (nSPS) is 15.6. The Morgan fingerprint density at radius 1 is 1.15 bits per heavy atom. The fourth-order valence-electron chi connectivity index (χ4n) is 5.85. The fraction of sp³-hybridized carbons (Fsp3) is 0.406. The maximum atomic E-state index is 14.0. The van der Waals surface area contributed by atoms with Gasteiger partial charge in [-0.2, -0.15) is 13.9 Å². The van der Waals surface area contributed by atoms with Crippen LogP contribution in [0.25, 0.3) is 11.4 Å². The number of benzene rings is 1. The Morgan fingerprint density at radius 3 is 2.62 bits per heavy atom. The van der Waals surface area contributed by atoms with Crippen LogP contribution >= 0.6 is 11.3 Å². The van der Waals surface area contributed by atoms with Gasteiger partial charge in [0.25, 0.3) is 5.56 Å². The second-order valence-corrected chi connectivity index (χ2v) is 13.9. The highest BCUT2D eigenvalue weighted by molar-refractivity contribution is 7.12. The SMILES string of the molecule is Cc1cc(F)cc(CNc2nc(-c3ccn(C(F)F)n3)c3n(c2=O)[C@H](C(=O)NCc2cc4c(s2)CN(C(=O)OC(C)(C)C)C4)CC3)c1. The molecular weight excluding hydrogens is 635 g/mol. The third-order valence-electron chi connectivity index (χ3n) is 7.82. The van der Waals surface area contributed by atoms with Crippen LogP contribution in [-0.4, -0.2) is 41.8 Å². The molecule has 15 heteroatoms. The van der Waals surface area contributed by atoms with E-state index in [2.05, 4.69) is 20.7 Å². The van der Waals surface area contributed by atoms with Gasteiger partial charge in [0.15, 0.2) is 5.82 Å². The van der Waals surface area contributed by atoms with Gasteiger partial charge in [-0.3, -0.25) is 19.1 Å². The van der Waals surface area contributed by atoms with Crippen LogP contribution in [-0.2, 0) is 42.1 Å². The van der Waals surface area contributed by atoms with Gasteiger partial charge in [-0.1, -0.05) is 6.07 Å². The van der Waals surface area contributed by atoms with Crippen LogP contribution in [0.15, 0.2) is 41.3 Å². The molecule has 47 heavy (non-hydrogen) atoms. The maximum absolute atomic E-state index is 14.0. The predicted octanol–water partition coefficient (Wildman–Crippen LogP) is 5.68. The zero-order valence-electron chi connectivity index (χ0n) is 26.3. The molecule has 0 radical (unpaired) electrons. The van der Waals surface area contributed by atoms with Crippen LogP contribution in [0.2, 0.25) is 0 Å². The lowest BCUT2D eigenvalue weighted by Gasteiger charge is -2.24. The lowest BCUT2D eigenvalue weighted by Crippen LogP contribution is -2.36. The number of carbonyl (C=O) groups is 2. The molecular formula is C32H34F3N7O4S. The zero-order valence-corrected chi connectivity index (χ0v) is 27.1. The molecule has 0 saturated carbocycles. The first-order valence-corrected chi connectivity index (χ1v) is 15.9. The summed E-state index contributed by atoms with van der Waals surface area (Å²) in [6.45, 7) is 5.47. The highest BCUT2D eigenvalue weighted by Crippen LogP contribution is 2.34. The zero-order chi connectivity index (χ0) is 33.6. The number of carbonyl (C=O) groups excluding carboxylic acids is 2. The highest BCUT2D eigenvalue weighted by atomic mass is 32.1. The number of hydrogen-bond donors (Lipinski definition) is 2. The Bertz CT molecular complexity index is 1870. The number of rotatable bonds is 8. The monoisotopic (exact) mass is 669 g/mol. The van der Waals surface area contributed by atoms with Gasteiger partial charge in [0.05, 0.1) is 25.3 Å². The molecule has 3 aromatic heterocycles. The Morgan fingerprint density at radius 2 is 1.94 bits per heavy atom. The van der Waals surface area contributed by atoms with Crippen molar-refractivity contribution in [1.82, 2.24) is 29.5 Å². The summed E-state index contributed by atoms with van der Waals surface area (Å²) in [4.78, 5) is 47.8. The third kappa shape index (κ3) is 6.89. The van der Waals surface area contributed by atoms with Crippen molar-refractivity contribution < 1.29 is 27.5 Å². The molecule has 0 unspecified atom stereocenters. The van der Waals surface area contributed by atoms with E-state index in [1.807, 2.05) is 26.8 Å². The first-order chi connectivity index (χ1) is 22.3. The Hall–Kier alpha value is -4.66. The van der Waals surface area contributed by atoms with Gasteiger partial charge in [-0.15, -0.1) is 11.3 Å². The van der Waals surface area contributed by atoms with E-state index >= 15 is 0 Å². The van der Waals surface area contributed by atoms with E-state index in [9.17, 15) is 27.6 Å². The molecule has 4 aromatic rings. The minimum atomic E-state index is -2.87. The van der Waals surface area contributed by atoms with Crippen LogP contribution in [0.4, 0.5) is 23.8 Å². The van der Waals surface area contributed by atoms with E-state index in [1.165, 1.54) is 34.1 Å². The van der Waals surface area contributed by atoms with E-state index in [1.54, 1.807) is 17.9 Å². The number of anilines is 1. The topological polar surface area (TPSA) is 123 Å². The molecule has 2 N–H and O–H groups in total. The lowest BCUT2D eigenvalue weighted by atomic mass is 10.1. The molecule has 11 nitrogen and oxygen atoms in total. The van der Waals surface area contributed by atoms with E-state index in [0.717, 1.165) is 21.5 Å². The molecule has 6 rings (SSSR count). The molecule has 1 aromatic carbocycles. The number of nitrogens with one attached hydrogen (secondary N) is 2. The second kappa shape index (κ2) is 12.5. The van der Waals surface area contributed by atoms with Gasteiger partial charge in [-0.05, 0) is 81.5 Å². The standard InChI is InChI=1S/C32H34F3N7O4S/c1-17-9-18(11-20(33)10-17)13-36-27-29(44)42-23(26(38-27)22-7-8-41(39-22)30(34)35)5-6-24(42)28(43)37-14-21-12-19-15-40(16-25(19)47-21)31(45)46-32(2,3)4/h7-12,24,30H,5-6,13-16H2,1-4H3,(H,36,38)(H,37,43)/t24-/m0/s1. The number of aryl methyl sites for hydroxylation is 1. The molecule has 2 aliphatic heterocycles. The average Bonchev–Trinajstić information content (AvgIpc) is 3.77. The summed E-state index contributed by atoms with van der Waals surface area (Å²) in [5.41, 5.74) is 1.88. The number of thiophene rings is 1. The van der Waals surface area contributed by atoms with Crippen molar-refractivity contribution in [2.45, 2.75) is 84.9 Å². The van der Waals surface area contributed by atoms with Crippen molar-refractivity contribution in [1.29, 1.82) is 0 Å². The second-order valence-electron chi connectivity index (χ2n) is 12.6. The van der Waals surface area contributed by atoms with E-state index in [4.69, 9.17) is 4.74 Å². The first-order valence-electron chi connectivity index (χ1n) is 15.1. The summed E-state index contributed by atoms with van der Waals surface area (Å²) in [7, 11) is 0. The third-order valence-corrected chi connectivity index (χ3v) is 8.98. The van der Waals surface area contributed by atoms with Crippen LogP contribution in [0.5, 0.6) is 0 Å². The highest BCUT2D eigenvalue weighted by Gasteiger charge is 2.35. The molecule has 0 spiro atoms. The Balaban J connectivity index is 1.21. The van der Waals surface area contributed by atoms with Gasteiger partial charge in [0.2, 0.25) is 5.91 Å². The number of ether oxygens (including phenoxy) is 1. The summed E-state index contributed by atoms with van der Waals surface area (Å²) in [5, 5.41) is 9.84. The van der Waals surface area contributed by atoms with Gasteiger partial charge < -0.3 is 15.4 Å². The number of fused-ring (bicyclic) bond motifs is 2. The lowest BCUT2D eigenvalue weighted by molar-refractivity contribution is -0.124. The fourth-order valence-corrected chi connectivity index (χ4v) is 6.99. The smallest absolute Gasteiger partial charge is 0.410 e. The number of nitrogens with zero attached hydrogens (tertiary/aromatic N) is 5. The molecule has 5 heterocycles. The van der Waals surface area contributed by atoms with Crippen molar-refractivity contribution in [2.75, 3.05) is 5.32 Å². The van der Waals surface area contributed by atoms with Gasteiger partial charge in [0.1, 0.15) is 28.8 Å². The molecule has 0 saturated heterocycles. The number of hydrogen-bond acceptors (Lipinski definition) is 8. The van der Waals surface area contributed by atoms with Crippen LogP contribution in [0, 0.1) is 12.7 Å². The van der Waals surface area contributed by atoms with Gasteiger partial charge in [-0.25, -0.2) is 18.9 Å². The number of amides is 2. The maximum Gasteiger partial charge on any atom is 0.410 e. The van der Waals surface area contributed by atoms with E-state index in [0.29, 0.717) is 47.4 Å². The van der Waals surface area contributed by atoms with E-state index < -0.39 is 29.6 Å². The van der Waals surface area contributed by atoms with Gasteiger partial charge in [0, 0.05) is 22.5 Å². The molecule has 0 bridgehead atoms. The van der Waals surface area contributed by atoms with Crippen molar-refractivity contribution in [3.8, 4) is 11.4 Å². The van der Waals surface area contributed by atoms with Crippen LogP contribution in [0.3, 0.4) is 0 Å². The van der Waals surface area contributed by atoms with Crippen LogP contribution < -0.4 is 16.2 Å². The van der Waals surface area contributed by atoms with Crippen molar-refractivity contribution in [3.63, 3.8) is 0 Å². The number of aromatic nitrogens is 4. The van der Waals surface area contributed by atoms with E-state index in [-0.39, 0.29) is 42.3 Å². The Labute approximate surface area is 272 Å². The minimum Gasteiger partial charge on any atom is -0.444 e. The quantitative estimate of drug-likeness (QED) is 0.248. The molecule has 2 amide bonds. The summed E-state index contributed by atoms with van der Waals surface area (Å²) in [6.07, 6.45) is 1.34. The summed E-state index contributed by atoms with van der Waals surface area (Å²) >= 11 is 1.50. The molecule has 248 valence electrons. The molecule has 0 aliphatic carbocycles. The van der Waals surface area contributed by atoms with Crippen molar-refractivity contribution >= 4 is 29.2 Å². The van der Waals surface area contributed by atoms with Crippen molar-refractivity contribution in [3.05, 3.63) is 84.8 Å². The molecule has 0 fully saturated rings. The molecule has 2 aliphatic rings. The predicted molar refractivity (Wildman–Crippen MR) is 168 cm³/mol. The minimum absolute atomic E-state index is 0.0658. The summed E-state index contributed by atoms with van der Waals surface area (Å²) in [5.74, 6) is -0.912. The van der Waals surface area contributed by atoms with Crippen LogP contribution in [0.1, 0.15) is 71.9 Å². The summed E-state index contributed by atoms with van der Waals surface area (Å²) in [6, 6.07) is 6.95. The Kier molecular flexibility index (Phi) is 8.59. The molecule has 1 atom stereocenters. The van der Waals surface area contributed by atoms with Crippen molar-refractivity contribution in [2.24, 2.45) is 0 Å².